The summed E-state index contributed by atoms with van der Waals surface area (Å²) < 4.78 is 10.8. The van der Waals surface area contributed by atoms with Crippen LogP contribution in [0.5, 0.6) is 5.75 Å². The average molecular weight is 475 g/mol. The maximum absolute atomic E-state index is 12.7. The molecule has 0 unspecified atom stereocenters. The molecule has 0 bridgehead atoms. The standard InChI is InChI=1S/C23H30N4O5S/c1-4-31-17-9-7-6-8-16(17)27-12-10-26(11-13-27)14-18(28)25-22-19(23(30)32-5-2)15(3)20(33-22)21(24)29/h6-9H,4-5,10-14H2,1-3H3,(H2,24,29)(H,25,28). The van der Waals surface area contributed by atoms with Crippen molar-refractivity contribution in [2.45, 2.75) is 20.8 Å². The van der Waals surface area contributed by atoms with Crippen molar-refractivity contribution in [3.8, 4) is 5.75 Å². The van der Waals surface area contributed by atoms with E-state index in [0.29, 0.717) is 25.3 Å². The lowest BCUT2D eigenvalue weighted by molar-refractivity contribution is -0.117. The molecule has 3 rings (SSSR count). The number of esters is 1. The van der Waals surface area contributed by atoms with Crippen LogP contribution >= 0.6 is 11.3 Å². The summed E-state index contributed by atoms with van der Waals surface area (Å²) in [5.74, 6) is -0.639. The molecule has 1 aliphatic heterocycles. The number of carbonyl (C=O) groups excluding carboxylic acids is 3. The first kappa shape index (κ1) is 24.5. The van der Waals surface area contributed by atoms with E-state index in [4.69, 9.17) is 15.2 Å². The van der Waals surface area contributed by atoms with Crippen LogP contribution in [0, 0.1) is 6.92 Å². The van der Waals surface area contributed by atoms with Crippen molar-refractivity contribution in [3.05, 3.63) is 40.3 Å². The molecule has 33 heavy (non-hydrogen) atoms. The Bertz CT molecular complexity index is 1010. The lowest BCUT2D eigenvalue weighted by Crippen LogP contribution is -2.48. The number of benzene rings is 1. The summed E-state index contributed by atoms with van der Waals surface area (Å²) >= 11 is 0.995. The predicted octanol–water partition coefficient (Wildman–Crippen LogP) is 2.49. The quantitative estimate of drug-likeness (QED) is 0.537. The summed E-state index contributed by atoms with van der Waals surface area (Å²) in [6.07, 6.45) is 0. The van der Waals surface area contributed by atoms with Gasteiger partial charge in [-0.1, -0.05) is 12.1 Å². The number of amides is 2. The third-order valence-corrected chi connectivity index (χ3v) is 6.57. The smallest absolute Gasteiger partial charge is 0.341 e. The fourth-order valence-electron chi connectivity index (χ4n) is 3.80. The van der Waals surface area contributed by atoms with Gasteiger partial charge in [0, 0.05) is 26.2 Å². The number of rotatable bonds is 9. The molecule has 1 saturated heterocycles. The molecular weight excluding hydrogens is 444 g/mol. The topological polar surface area (TPSA) is 114 Å². The van der Waals surface area contributed by atoms with Gasteiger partial charge in [-0.05, 0) is 38.5 Å². The maximum atomic E-state index is 12.7. The summed E-state index contributed by atoms with van der Waals surface area (Å²) in [7, 11) is 0. The van der Waals surface area contributed by atoms with E-state index < -0.39 is 11.9 Å². The molecule has 0 saturated carbocycles. The first-order valence-corrected chi connectivity index (χ1v) is 11.8. The monoisotopic (exact) mass is 474 g/mol. The molecule has 0 spiro atoms. The van der Waals surface area contributed by atoms with E-state index in [-0.39, 0.29) is 34.5 Å². The highest BCUT2D eigenvalue weighted by atomic mass is 32.1. The van der Waals surface area contributed by atoms with Crippen molar-refractivity contribution in [3.63, 3.8) is 0 Å². The van der Waals surface area contributed by atoms with Crippen LogP contribution in [-0.4, -0.2) is 68.6 Å². The van der Waals surface area contributed by atoms with Crippen LogP contribution < -0.4 is 20.7 Å². The number of ether oxygens (including phenoxy) is 2. The largest absolute Gasteiger partial charge is 0.492 e. The number of nitrogens with two attached hydrogens (primary N) is 1. The molecule has 9 nitrogen and oxygen atoms in total. The second-order valence-corrected chi connectivity index (χ2v) is 8.58. The van der Waals surface area contributed by atoms with Gasteiger partial charge < -0.3 is 25.4 Å². The van der Waals surface area contributed by atoms with Gasteiger partial charge in [0.2, 0.25) is 5.91 Å². The summed E-state index contributed by atoms with van der Waals surface area (Å²) in [6, 6.07) is 7.95. The molecule has 1 aliphatic rings. The summed E-state index contributed by atoms with van der Waals surface area (Å²) in [5.41, 5.74) is 7.08. The zero-order chi connectivity index (χ0) is 24.0. The van der Waals surface area contributed by atoms with Gasteiger partial charge in [-0.25, -0.2) is 4.79 Å². The Hall–Kier alpha value is -3.11. The van der Waals surface area contributed by atoms with E-state index >= 15 is 0 Å². The average Bonchev–Trinajstić information content (AvgIpc) is 3.11. The number of anilines is 2. The molecule has 1 fully saturated rings. The van der Waals surface area contributed by atoms with E-state index in [9.17, 15) is 14.4 Å². The molecule has 178 valence electrons. The first-order chi connectivity index (χ1) is 15.8. The van der Waals surface area contributed by atoms with Crippen LogP contribution in [0.1, 0.15) is 39.4 Å². The molecule has 0 atom stereocenters. The van der Waals surface area contributed by atoms with Crippen molar-refractivity contribution in [1.29, 1.82) is 0 Å². The number of nitrogens with zero attached hydrogens (tertiary/aromatic N) is 2. The Labute approximate surface area is 197 Å². The van der Waals surface area contributed by atoms with Crippen LogP contribution in [0.2, 0.25) is 0 Å². The van der Waals surface area contributed by atoms with Gasteiger partial charge in [0.15, 0.2) is 0 Å². The molecule has 10 heteroatoms. The lowest BCUT2D eigenvalue weighted by atomic mass is 10.1. The first-order valence-electron chi connectivity index (χ1n) is 10.9. The number of para-hydroxylation sites is 2. The van der Waals surface area contributed by atoms with Gasteiger partial charge in [0.1, 0.15) is 10.8 Å². The van der Waals surface area contributed by atoms with Gasteiger partial charge in [0.05, 0.1) is 35.9 Å². The predicted molar refractivity (Wildman–Crippen MR) is 128 cm³/mol. The molecule has 1 aromatic heterocycles. The van der Waals surface area contributed by atoms with E-state index in [1.807, 2.05) is 31.2 Å². The molecule has 2 aromatic rings. The number of carbonyl (C=O) groups is 3. The third kappa shape index (κ3) is 5.82. The number of piperazine rings is 1. The Morgan fingerprint density at radius 3 is 2.42 bits per heavy atom. The maximum Gasteiger partial charge on any atom is 0.341 e. The zero-order valence-corrected chi connectivity index (χ0v) is 20.0. The summed E-state index contributed by atoms with van der Waals surface area (Å²) in [4.78, 5) is 41.4. The lowest BCUT2D eigenvalue weighted by Gasteiger charge is -2.36. The van der Waals surface area contributed by atoms with Crippen LogP contribution in [0.15, 0.2) is 24.3 Å². The minimum Gasteiger partial charge on any atom is -0.492 e. The molecule has 1 aromatic carbocycles. The van der Waals surface area contributed by atoms with Gasteiger partial charge in [0.25, 0.3) is 5.91 Å². The Morgan fingerprint density at radius 2 is 1.79 bits per heavy atom. The second-order valence-electron chi connectivity index (χ2n) is 7.56. The SMILES string of the molecule is CCOC(=O)c1c(NC(=O)CN2CCN(c3ccccc3OCC)CC2)sc(C(N)=O)c1C. The van der Waals surface area contributed by atoms with Crippen LogP contribution in [0.3, 0.4) is 0 Å². The van der Waals surface area contributed by atoms with Crippen LogP contribution in [-0.2, 0) is 9.53 Å². The number of hydrogen-bond donors (Lipinski definition) is 2. The molecule has 2 amide bonds. The van der Waals surface area contributed by atoms with E-state index in [1.54, 1.807) is 13.8 Å². The van der Waals surface area contributed by atoms with Crippen LogP contribution in [0.25, 0.3) is 0 Å². The highest BCUT2D eigenvalue weighted by molar-refractivity contribution is 7.18. The number of hydrogen-bond acceptors (Lipinski definition) is 8. The van der Waals surface area contributed by atoms with Crippen molar-refractivity contribution in [1.82, 2.24) is 4.90 Å². The number of thiophene rings is 1. The highest BCUT2D eigenvalue weighted by Gasteiger charge is 2.27. The zero-order valence-electron chi connectivity index (χ0n) is 19.2. The van der Waals surface area contributed by atoms with Crippen molar-refractivity contribution < 1.29 is 23.9 Å². The Kier molecular flexibility index (Phi) is 8.29. The fraction of sp³-hybridized carbons (Fsp3) is 0.435. The number of primary amides is 1. The fourth-order valence-corrected chi connectivity index (χ4v) is 4.86. The minimum atomic E-state index is -0.646. The van der Waals surface area contributed by atoms with E-state index in [1.165, 1.54) is 0 Å². The Balaban J connectivity index is 1.63. The van der Waals surface area contributed by atoms with Crippen molar-refractivity contribution in [2.75, 3.05) is 56.2 Å². The van der Waals surface area contributed by atoms with Crippen LogP contribution in [0.4, 0.5) is 10.7 Å². The third-order valence-electron chi connectivity index (χ3n) is 5.35. The van der Waals surface area contributed by atoms with Crippen molar-refractivity contribution in [2.24, 2.45) is 5.73 Å². The number of nitrogens with one attached hydrogen (secondary N) is 1. The van der Waals surface area contributed by atoms with Gasteiger partial charge in [-0.15, -0.1) is 11.3 Å². The molecular formula is C23H30N4O5S. The van der Waals surface area contributed by atoms with E-state index in [0.717, 1.165) is 35.9 Å². The minimum absolute atomic E-state index is 0.173. The van der Waals surface area contributed by atoms with Crippen molar-refractivity contribution >= 4 is 39.8 Å². The van der Waals surface area contributed by atoms with Gasteiger partial charge >= 0.3 is 5.97 Å². The molecule has 2 heterocycles. The molecule has 0 aliphatic carbocycles. The van der Waals surface area contributed by atoms with E-state index in [2.05, 4.69) is 15.1 Å². The molecule has 3 N–H and O–H groups in total. The summed E-state index contributed by atoms with van der Waals surface area (Å²) in [6.45, 7) is 9.16. The highest BCUT2D eigenvalue weighted by Crippen LogP contribution is 2.33. The molecule has 0 radical (unpaired) electrons. The summed E-state index contributed by atoms with van der Waals surface area (Å²) in [5, 5.41) is 3.06. The van der Waals surface area contributed by atoms with Gasteiger partial charge in [-0.2, -0.15) is 0 Å². The Morgan fingerprint density at radius 1 is 1.09 bits per heavy atom. The second kappa shape index (κ2) is 11.2. The normalized spacial score (nSPS) is 14.1. The van der Waals surface area contributed by atoms with Gasteiger partial charge in [-0.3, -0.25) is 14.5 Å².